The molecule has 1 aliphatic rings. The molecule has 0 saturated carbocycles. The number of piperazine rings is 1. The molecule has 0 aliphatic carbocycles. The largest absolute Gasteiger partial charge is 0.493 e. The fraction of sp³-hybridized carbons (Fsp3) is 0.350. The molecule has 0 bridgehead atoms. The Balaban J connectivity index is 1.46. The number of methoxy groups -OCH3 is 1. The molecule has 1 fully saturated rings. The van der Waals surface area contributed by atoms with Gasteiger partial charge in [0.1, 0.15) is 6.61 Å². The number of nitrogens with one attached hydrogen (secondary N) is 1. The Morgan fingerprint density at radius 2 is 1.71 bits per heavy atom. The number of nitrogens with zero attached hydrogens (tertiary/aromatic N) is 2. The van der Waals surface area contributed by atoms with E-state index in [-0.39, 0.29) is 53.8 Å². The molecule has 1 N–H and O–H groups in total. The number of ether oxygens (including phenoxy) is 2. The van der Waals surface area contributed by atoms with Crippen LogP contribution in [0.25, 0.3) is 0 Å². The first-order chi connectivity index (χ1) is 14.8. The average Bonchev–Trinajstić information content (AvgIpc) is 2.78. The zero-order valence-electron chi connectivity index (χ0n) is 16.9. The van der Waals surface area contributed by atoms with Crippen molar-refractivity contribution in [2.75, 3.05) is 46.4 Å². The summed E-state index contributed by atoms with van der Waals surface area (Å²) in [7, 11) is -2.15. The summed E-state index contributed by atoms with van der Waals surface area (Å²) < 4.78 is 37.8. The third kappa shape index (κ3) is 5.74. The summed E-state index contributed by atoms with van der Waals surface area (Å²) in [5, 5.41) is 3.25. The predicted octanol–water partition coefficient (Wildman–Crippen LogP) is 3.10. The Hall–Kier alpha value is -2.20. The number of benzene rings is 2. The Labute approximate surface area is 191 Å². The van der Waals surface area contributed by atoms with Gasteiger partial charge in [-0.05, 0) is 30.3 Å². The zero-order valence-corrected chi connectivity index (χ0v) is 19.2. The predicted molar refractivity (Wildman–Crippen MR) is 119 cm³/mol. The second kappa shape index (κ2) is 10.4. The number of carbonyl (C=O) groups excluding carboxylic acids is 1. The van der Waals surface area contributed by atoms with E-state index in [0.29, 0.717) is 18.0 Å². The van der Waals surface area contributed by atoms with E-state index in [0.717, 1.165) is 0 Å². The van der Waals surface area contributed by atoms with Gasteiger partial charge < -0.3 is 19.7 Å². The van der Waals surface area contributed by atoms with Gasteiger partial charge in [-0.25, -0.2) is 13.2 Å². The van der Waals surface area contributed by atoms with Crippen molar-refractivity contribution in [2.24, 2.45) is 0 Å². The molecule has 1 saturated heterocycles. The van der Waals surface area contributed by atoms with Crippen LogP contribution in [0.3, 0.4) is 0 Å². The zero-order chi connectivity index (χ0) is 22.4. The highest BCUT2D eigenvalue weighted by molar-refractivity contribution is 7.89. The maximum atomic E-state index is 12.8. The molecule has 0 spiro atoms. The number of para-hydroxylation sites is 2. The van der Waals surface area contributed by atoms with E-state index >= 15 is 0 Å². The number of hydrogen-bond acceptors (Lipinski definition) is 5. The highest BCUT2D eigenvalue weighted by Crippen LogP contribution is 2.27. The van der Waals surface area contributed by atoms with E-state index in [1.54, 1.807) is 24.1 Å². The Bertz CT molecular complexity index is 1030. The van der Waals surface area contributed by atoms with E-state index in [4.69, 9.17) is 32.7 Å². The Kier molecular flexibility index (Phi) is 7.88. The van der Waals surface area contributed by atoms with Crippen LogP contribution in [0.15, 0.2) is 47.4 Å². The molecule has 2 aromatic rings. The summed E-state index contributed by atoms with van der Waals surface area (Å²) in [6.07, 6.45) is 0. The lowest BCUT2D eigenvalue weighted by molar-refractivity contribution is 0.170. The first kappa shape index (κ1) is 23.5. The molecule has 8 nitrogen and oxygen atoms in total. The van der Waals surface area contributed by atoms with Crippen molar-refractivity contribution in [3.05, 3.63) is 52.5 Å². The van der Waals surface area contributed by atoms with Gasteiger partial charge in [-0.1, -0.05) is 35.3 Å². The van der Waals surface area contributed by atoms with Crippen molar-refractivity contribution < 1.29 is 22.7 Å². The van der Waals surface area contributed by atoms with Gasteiger partial charge in [0.15, 0.2) is 11.5 Å². The van der Waals surface area contributed by atoms with Gasteiger partial charge in [-0.15, -0.1) is 0 Å². The van der Waals surface area contributed by atoms with Crippen LogP contribution < -0.4 is 14.8 Å². The van der Waals surface area contributed by atoms with E-state index in [9.17, 15) is 13.2 Å². The molecule has 2 aromatic carbocycles. The molecule has 31 heavy (non-hydrogen) atoms. The summed E-state index contributed by atoms with van der Waals surface area (Å²) in [5.74, 6) is 1.22. The van der Waals surface area contributed by atoms with Crippen molar-refractivity contribution in [1.29, 1.82) is 0 Å². The lowest BCUT2D eigenvalue weighted by Gasteiger charge is -2.34. The average molecular weight is 488 g/mol. The molecule has 11 heteroatoms. The summed E-state index contributed by atoms with van der Waals surface area (Å²) in [4.78, 5) is 14.0. The lowest BCUT2D eigenvalue weighted by atomic mass is 10.3. The maximum Gasteiger partial charge on any atom is 0.317 e. The van der Waals surface area contributed by atoms with Crippen molar-refractivity contribution in [1.82, 2.24) is 14.5 Å². The third-order valence-electron chi connectivity index (χ3n) is 4.76. The van der Waals surface area contributed by atoms with Crippen LogP contribution in [-0.4, -0.2) is 70.1 Å². The molecular weight excluding hydrogens is 465 g/mol. The number of amides is 2. The SMILES string of the molecule is COc1ccccc1OCCNC(=O)N1CCN(S(=O)(=O)c2ccc(Cl)c(Cl)c2)CC1. The summed E-state index contributed by atoms with van der Waals surface area (Å²) >= 11 is 11.8. The topological polar surface area (TPSA) is 88.2 Å². The Morgan fingerprint density at radius 3 is 2.35 bits per heavy atom. The highest BCUT2D eigenvalue weighted by Gasteiger charge is 2.30. The second-order valence-electron chi connectivity index (χ2n) is 6.70. The number of carbonyl (C=O) groups is 1. The van der Waals surface area contributed by atoms with Gasteiger partial charge in [0.05, 0.1) is 28.6 Å². The minimum absolute atomic E-state index is 0.0771. The molecule has 0 aromatic heterocycles. The van der Waals surface area contributed by atoms with Crippen LogP contribution in [0.4, 0.5) is 4.79 Å². The highest BCUT2D eigenvalue weighted by atomic mass is 35.5. The number of hydrogen-bond donors (Lipinski definition) is 1. The molecule has 0 atom stereocenters. The maximum absolute atomic E-state index is 12.8. The van der Waals surface area contributed by atoms with Crippen LogP contribution in [0, 0.1) is 0 Å². The minimum atomic E-state index is -3.71. The molecule has 0 radical (unpaired) electrons. The van der Waals surface area contributed by atoms with Gasteiger partial charge in [-0.3, -0.25) is 0 Å². The standard InChI is InChI=1S/C20H23Cl2N3O5S/c1-29-18-4-2-3-5-19(18)30-13-8-23-20(26)24-9-11-25(12-10-24)31(27,28)15-6-7-16(21)17(22)14-15/h2-7,14H,8-13H2,1H3,(H,23,26). The van der Waals surface area contributed by atoms with Gasteiger partial charge in [-0.2, -0.15) is 4.31 Å². The first-order valence-electron chi connectivity index (χ1n) is 9.56. The van der Waals surface area contributed by atoms with Crippen LogP contribution in [0.1, 0.15) is 0 Å². The van der Waals surface area contributed by atoms with E-state index in [1.165, 1.54) is 22.5 Å². The van der Waals surface area contributed by atoms with Crippen LogP contribution in [0.2, 0.25) is 10.0 Å². The van der Waals surface area contributed by atoms with E-state index < -0.39 is 10.0 Å². The van der Waals surface area contributed by atoms with Crippen LogP contribution in [-0.2, 0) is 10.0 Å². The molecule has 3 rings (SSSR count). The summed E-state index contributed by atoms with van der Waals surface area (Å²) in [6, 6.07) is 11.2. The van der Waals surface area contributed by atoms with Gasteiger partial charge in [0, 0.05) is 26.2 Å². The monoisotopic (exact) mass is 487 g/mol. The molecule has 1 aliphatic heterocycles. The van der Waals surface area contributed by atoms with Crippen molar-refractivity contribution >= 4 is 39.3 Å². The number of rotatable bonds is 7. The normalized spacial score (nSPS) is 14.9. The van der Waals surface area contributed by atoms with Crippen molar-refractivity contribution in [3.63, 3.8) is 0 Å². The van der Waals surface area contributed by atoms with Crippen molar-refractivity contribution in [2.45, 2.75) is 4.90 Å². The number of sulfonamides is 1. The van der Waals surface area contributed by atoms with Crippen LogP contribution in [0.5, 0.6) is 11.5 Å². The van der Waals surface area contributed by atoms with Gasteiger partial charge in [0.2, 0.25) is 10.0 Å². The van der Waals surface area contributed by atoms with E-state index in [2.05, 4.69) is 5.32 Å². The molecule has 2 amide bonds. The fourth-order valence-electron chi connectivity index (χ4n) is 3.09. The smallest absolute Gasteiger partial charge is 0.317 e. The number of urea groups is 1. The molecule has 1 heterocycles. The van der Waals surface area contributed by atoms with Gasteiger partial charge in [0.25, 0.3) is 0 Å². The minimum Gasteiger partial charge on any atom is -0.493 e. The molecule has 168 valence electrons. The first-order valence-corrected chi connectivity index (χ1v) is 11.8. The Morgan fingerprint density at radius 1 is 1.03 bits per heavy atom. The second-order valence-corrected chi connectivity index (χ2v) is 9.45. The summed E-state index contributed by atoms with van der Waals surface area (Å²) in [5.41, 5.74) is 0. The third-order valence-corrected chi connectivity index (χ3v) is 7.39. The molecular formula is C20H23Cl2N3O5S. The van der Waals surface area contributed by atoms with Crippen molar-refractivity contribution in [3.8, 4) is 11.5 Å². The summed E-state index contributed by atoms with van der Waals surface area (Å²) in [6.45, 7) is 1.51. The lowest BCUT2D eigenvalue weighted by Crippen LogP contribution is -2.53. The quantitative estimate of drug-likeness (QED) is 0.606. The van der Waals surface area contributed by atoms with Gasteiger partial charge >= 0.3 is 6.03 Å². The van der Waals surface area contributed by atoms with E-state index in [1.807, 2.05) is 12.1 Å². The fourth-order valence-corrected chi connectivity index (χ4v) is 4.90. The number of halogens is 2. The molecule has 0 unspecified atom stereocenters. The van der Waals surface area contributed by atoms with Crippen LogP contribution >= 0.6 is 23.2 Å².